The van der Waals surface area contributed by atoms with Crippen molar-refractivity contribution in [3.63, 3.8) is 0 Å². The van der Waals surface area contributed by atoms with E-state index in [1.165, 1.54) is 30.0 Å². The van der Waals surface area contributed by atoms with Gasteiger partial charge in [0.15, 0.2) is 5.75 Å². The average molecular weight is 377 g/mol. The molecule has 0 aliphatic heterocycles. The molecule has 0 N–H and O–H groups in total. The molecule has 0 unspecified atom stereocenters. The molecule has 8 heteroatoms. The lowest BCUT2D eigenvalue weighted by Crippen LogP contribution is -2.29. The van der Waals surface area contributed by atoms with Gasteiger partial charge < -0.3 is 13.5 Å². The summed E-state index contributed by atoms with van der Waals surface area (Å²) >= 11 is 0. The summed E-state index contributed by atoms with van der Waals surface area (Å²) in [6, 6.07) is 7.07. The number of nitrogens with zero attached hydrogens (tertiary/aromatic N) is 1. The first kappa shape index (κ1) is 18.2. The zero-order chi connectivity index (χ0) is 19.1. The maximum Gasteiger partial charge on any atom is 0.343 e. The molecule has 26 heavy (non-hydrogen) atoms. The molecule has 0 radical (unpaired) electrons. The number of hydrogen-bond donors (Lipinski definition) is 0. The van der Waals surface area contributed by atoms with E-state index in [-0.39, 0.29) is 21.7 Å². The van der Waals surface area contributed by atoms with Gasteiger partial charge in [-0.3, -0.25) is 4.79 Å². The summed E-state index contributed by atoms with van der Waals surface area (Å²) in [6.45, 7) is 3.71. The van der Waals surface area contributed by atoms with Gasteiger partial charge in [-0.2, -0.15) is 8.42 Å². The number of pyridine rings is 1. The molecule has 1 saturated carbocycles. The highest BCUT2D eigenvalue weighted by atomic mass is 32.2. The normalized spacial score (nSPS) is 15.3. The van der Waals surface area contributed by atoms with Crippen LogP contribution in [0.25, 0.3) is 0 Å². The zero-order valence-corrected chi connectivity index (χ0v) is 15.5. The highest BCUT2D eigenvalue weighted by Crippen LogP contribution is 2.42. The predicted molar refractivity (Wildman–Crippen MR) is 93.9 cm³/mol. The largest absolute Gasteiger partial charge is 0.465 e. The first-order valence-electron chi connectivity index (χ1n) is 8.03. The second-order valence-corrected chi connectivity index (χ2v) is 8.14. The summed E-state index contributed by atoms with van der Waals surface area (Å²) in [5, 5.41) is 0. The van der Waals surface area contributed by atoms with Gasteiger partial charge in [0.2, 0.25) is 0 Å². The summed E-state index contributed by atoms with van der Waals surface area (Å²) in [5.74, 6) is -1.12. The maximum absolute atomic E-state index is 12.5. The topological polar surface area (TPSA) is 91.7 Å². The zero-order valence-electron chi connectivity index (χ0n) is 14.7. The van der Waals surface area contributed by atoms with E-state index in [2.05, 4.69) is 0 Å². The van der Waals surface area contributed by atoms with Gasteiger partial charge in [0.25, 0.3) is 5.56 Å². The standard InChI is InChI=1S/C18H19NO6S/c1-12-4-6-13(7-5-12)26(22,23)25-15-10-16(20)19(18(2)8-9-18)11-14(15)17(21)24-3/h4-7,10-11H,8-9H2,1-3H3. The molecule has 1 heterocycles. The van der Waals surface area contributed by atoms with Crippen molar-refractivity contribution >= 4 is 16.1 Å². The van der Waals surface area contributed by atoms with E-state index in [9.17, 15) is 18.0 Å². The van der Waals surface area contributed by atoms with E-state index in [1.54, 1.807) is 12.1 Å². The van der Waals surface area contributed by atoms with Gasteiger partial charge in [-0.15, -0.1) is 0 Å². The fraction of sp³-hybridized carbons (Fsp3) is 0.333. The molecule has 1 aromatic carbocycles. The van der Waals surface area contributed by atoms with Crippen molar-refractivity contribution < 1.29 is 22.1 Å². The summed E-state index contributed by atoms with van der Waals surface area (Å²) in [5.41, 5.74) is -0.0315. The summed E-state index contributed by atoms with van der Waals surface area (Å²) in [7, 11) is -3.02. The van der Waals surface area contributed by atoms with Crippen LogP contribution in [0.2, 0.25) is 0 Å². The van der Waals surface area contributed by atoms with Crippen molar-refractivity contribution in [2.75, 3.05) is 7.11 Å². The van der Waals surface area contributed by atoms with E-state index in [0.717, 1.165) is 24.5 Å². The summed E-state index contributed by atoms with van der Waals surface area (Å²) in [6.07, 6.45) is 2.91. The summed E-state index contributed by atoms with van der Waals surface area (Å²) < 4.78 is 36.2. The first-order valence-corrected chi connectivity index (χ1v) is 9.44. The predicted octanol–water partition coefficient (Wildman–Crippen LogP) is 2.22. The third-order valence-electron chi connectivity index (χ3n) is 4.49. The monoisotopic (exact) mass is 377 g/mol. The minimum atomic E-state index is -4.20. The van der Waals surface area contributed by atoms with Crippen molar-refractivity contribution in [1.82, 2.24) is 4.57 Å². The van der Waals surface area contributed by atoms with Crippen LogP contribution in [-0.2, 0) is 20.4 Å². The number of ether oxygens (including phenoxy) is 1. The van der Waals surface area contributed by atoms with E-state index < -0.39 is 21.6 Å². The highest BCUT2D eigenvalue weighted by Gasteiger charge is 2.41. The lowest BCUT2D eigenvalue weighted by atomic mass is 10.2. The number of carbonyl (C=O) groups excluding carboxylic acids is 1. The van der Waals surface area contributed by atoms with Crippen LogP contribution in [0.5, 0.6) is 5.75 Å². The minimum absolute atomic E-state index is 0.0720. The Morgan fingerprint density at radius 1 is 1.19 bits per heavy atom. The molecule has 0 spiro atoms. The fourth-order valence-electron chi connectivity index (χ4n) is 2.56. The molecule has 1 aliphatic rings. The molecule has 0 bridgehead atoms. The molecular formula is C18H19NO6S. The SMILES string of the molecule is COC(=O)c1cn(C2(C)CC2)c(=O)cc1OS(=O)(=O)c1ccc(C)cc1. The second-order valence-electron chi connectivity index (χ2n) is 6.60. The van der Waals surface area contributed by atoms with E-state index in [4.69, 9.17) is 8.92 Å². The lowest BCUT2D eigenvalue weighted by molar-refractivity contribution is 0.0597. The van der Waals surface area contributed by atoms with Gasteiger partial charge in [0, 0.05) is 17.8 Å². The quantitative estimate of drug-likeness (QED) is 0.586. The molecule has 3 rings (SSSR count). The molecule has 0 atom stereocenters. The Bertz CT molecular complexity index is 1020. The molecule has 0 saturated heterocycles. The number of aryl methyl sites for hydroxylation is 1. The van der Waals surface area contributed by atoms with Gasteiger partial charge in [0.05, 0.1) is 7.11 Å². The van der Waals surface area contributed by atoms with E-state index >= 15 is 0 Å². The Kier molecular flexibility index (Phi) is 4.39. The molecular weight excluding hydrogens is 358 g/mol. The third-order valence-corrected chi connectivity index (χ3v) is 5.73. The Morgan fingerprint density at radius 3 is 2.35 bits per heavy atom. The molecule has 1 aromatic heterocycles. The van der Waals surface area contributed by atoms with Gasteiger partial charge in [-0.1, -0.05) is 17.7 Å². The average Bonchev–Trinajstić information content (AvgIpc) is 3.32. The molecule has 1 fully saturated rings. The third kappa shape index (κ3) is 3.37. The van der Waals surface area contributed by atoms with Crippen molar-refractivity contribution in [3.05, 3.63) is 58.0 Å². The molecule has 7 nitrogen and oxygen atoms in total. The van der Waals surface area contributed by atoms with Crippen LogP contribution in [0.3, 0.4) is 0 Å². The number of benzene rings is 1. The highest BCUT2D eigenvalue weighted by molar-refractivity contribution is 7.87. The van der Waals surface area contributed by atoms with Gasteiger partial charge in [-0.25, -0.2) is 4.79 Å². The van der Waals surface area contributed by atoms with Crippen molar-refractivity contribution in [1.29, 1.82) is 0 Å². The lowest BCUT2D eigenvalue weighted by Gasteiger charge is -2.16. The molecule has 2 aromatic rings. The Labute approximate surface area is 151 Å². The Hall–Kier alpha value is -2.61. The second kappa shape index (κ2) is 6.28. The van der Waals surface area contributed by atoms with Crippen LogP contribution in [0.4, 0.5) is 0 Å². The number of esters is 1. The number of rotatable bonds is 5. The number of hydrogen-bond acceptors (Lipinski definition) is 6. The summed E-state index contributed by atoms with van der Waals surface area (Å²) in [4.78, 5) is 24.4. The van der Waals surface area contributed by atoms with Gasteiger partial charge >= 0.3 is 16.1 Å². The first-order chi connectivity index (χ1) is 12.2. The molecule has 138 valence electrons. The Balaban J connectivity index is 2.06. The van der Waals surface area contributed by atoms with Crippen LogP contribution in [0.1, 0.15) is 35.7 Å². The van der Waals surface area contributed by atoms with E-state index in [0.29, 0.717) is 0 Å². The maximum atomic E-state index is 12.5. The molecule has 0 amide bonds. The van der Waals surface area contributed by atoms with Crippen LogP contribution >= 0.6 is 0 Å². The fourth-order valence-corrected chi connectivity index (χ4v) is 3.50. The van der Waals surface area contributed by atoms with Crippen LogP contribution in [-0.4, -0.2) is 26.1 Å². The van der Waals surface area contributed by atoms with Crippen molar-refractivity contribution in [2.45, 2.75) is 37.1 Å². The number of methoxy groups -OCH3 is 1. The molecule has 1 aliphatic carbocycles. The van der Waals surface area contributed by atoms with Gasteiger partial charge in [-0.05, 0) is 38.8 Å². The van der Waals surface area contributed by atoms with Crippen molar-refractivity contribution in [3.8, 4) is 5.75 Å². The van der Waals surface area contributed by atoms with Crippen LogP contribution < -0.4 is 9.74 Å². The van der Waals surface area contributed by atoms with Crippen LogP contribution in [0, 0.1) is 6.92 Å². The Morgan fingerprint density at radius 2 is 1.81 bits per heavy atom. The van der Waals surface area contributed by atoms with Gasteiger partial charge in [0.1, 0.15) is 10.5 Å². The van der Waals surface area contributed by atoms with Crippen molar-refractivity contribution in [2.24, 2.45) is 0 Å². The smallest absolute Gasteiger partial charge is 0.343 e. The number of aromatic nitrogens is 1. The van der Waals surface area contributed by atoms with Crippen LogP contribution in [0.15, 0.2) is 46.2 Å². The minimum Gasteiger partial charge on any atom is -0.465 e. The van der Waals surface area contributed by atoms with E-state index in [1.807, 2.05) is 13.8 Å². The number of carbonyl (C=O) groups is 1.